The summed E-state index contributed by atoms with van der Waals surface area (Å²) < 4.78 is 4.55. The molecule has 4 nitrogen and oxygen atoms in total. The molecule has 0 aromatic carbocycles. The van der Waals surface area contributed by atoms with Crippen LogP contribution in [-0.4, -0.2) is 36.9 Å². The zero-order valence-electron chi connectivity index (χ0n) is 9.37. The number of carbonyl (C=O) groups is 1. The molecule has 0 saturated heterocycles. The zero-order valence-corrected chi connectivity index (χ0v) is 9.37. The number of rotatable bonds is 5. The molecule has 0 spiro atoms. The minimum absolute atomic E-state index is 0.166. The fourth-order valence-corrected chi connectivity index (χ4v) is 1.97. The van der Waals surface area contributed by atoms with Crippen LogP contribution in [0.3, 0.4) is 0 Å². The maximum absolute atomic E-state index is 10.8. The van der Waals surface area contributed by atoms with Crippen LogP contribution in [0, 0.1) is 0 Å². The van der Waals surface area contributed by atoms with Crippen molar-refractivity contribution >= 4 is 5.97 Å². The molecule has 88 valence electrons. The van der Waals surface area contributed by atoms with Crippen molar-refractivity contribution < 1.29 is 14.6 Å². The molecule has 0 heterocycles. The van der Waals surface area contributed by atoms with Crippen LogP contribution in [0.4, 0.5) is 0 Å². The largest absolute Gasteiger partial charge is 0.469 e. The van der Waals surface area contributed by atoms with Gasteiger partial charge in [-0.3, -0.25) is 4.79 Å². The third-order valence-corrected chi connectivity index (χ3v) is 2.92. The fraction of sp³-hybridized carbons (Fsp3) is 0.909. The molecule has 0 amide bonds. The van der Waals surface area contributed by atoms with E-state index >= 15 is 0 Å². The van der Waals surface area contributed by atoms with Gasteiger partial charge in [0.05, 0.1) is 13.2 Å². The van der Waals surface area contributed by atoms with E-state index in [2.05, 4.69) is 10.1 Å². The van der Waals surface area contributed by atoms with Gasteiger partial charge in [0.1, 0.15) is 0 Å². The van der Waals surface area contributed by atoms with Crippen molar-refractivity contribution in [2.45, 2.75) is 50.7 Å². The molecule has 1 aliphatic carbocycles. The molecule has 1 fully saturated rings. The lowest BCUT2D eigenvalue weighted by Gasteiger charge is -2.28. The number of hydrogen-bond acceptors (Lipinski definition) is 4. The summed E-state index contributed by atoms with van der Waals surface area (Å²) in [5.41, 5.74) is 0. The Morgan fingerprint density at radius 2 is 2.20 bits per heavy atom. The molecule has 0 radical (unpaired) electrons. The number of carbonyl (C=O) groups excluding carboxylic acids is 1. The summed E-state index contributed by atoms with van der Waals surface area (Å²) in [6.07, 6.45) is 5.26. The maximum Gasteiger partial charge on any atom is 0.305 e. The van der Waals surface area contributed by atoms with E-state index in [1.165, 1.54) is 13.5 Å². The van der Waals surface area contributed by atoms with Crippen molar-refractivity contribution in [2.75, 3.05) is 13.7 Å². The molecule has 0 bridgehead atoms. The highest BCUT2D eigenvalue weighted by Gasteiger charge is 2.21. The van der Waals surface area contributed by atoms with Crippen molar-refractivity contribution in [3.05, 3.63) is 0 Å². The lowest BCUT2D eigenvalue weighted by atomic mass is 9.92. The average molecular weight is 215 g/mol. The summed E-state index contributed by atoms with van der Waals surface area (Å²) in [5, 5.41) is 13.0. The first-order valence-corrected chi connectivity index (χ1v) is 5.72. The Bertz CT molecular complexity index is 196. The number of esters is 1. The normalized spacial score (nSPS) is 26.3. The van der Waals surface area contributed by atoms with Crippen LogP contribution in [-0.2, 0) is 9.53 Å². The van der Waals surface area contributed by atoms with E-state index < -0.39 is 0 Å². The molecule has 0 aliphatic heterocycles. The zero-order chi connectivity index (χ0) is 11.1. The minimum Gasteiger partial charge on any atom is -0.469 e. The summed E-state index contributed by atoms with van der Waals surface area (Å²) in [7, 11) is 1.40. The van der Waals surface area contributed by atoms with Gasteiger partial charge in [0.2, 0.25) is 0 Å². The predicted molar refractivity (Wildman–Crippen MR) is 57.5 cm³/mol. The smallest absolute Gasteiger partial charge is 0.305 e. The van der Waals surface area contributed by atoms with Crippen molar-refractivity contribution in [3.8, 4) is 0 Å². The fourth-order valence-electron chi connectivity index (χ4n) is 1.97. The summed E-state index contributed by atoms with van der Waals surface area (Å²) >= 11 is 0. The van der Waals surface area contributed by atoms with Gasteiger partial charge in [0.15, 0.2) is 0 Å². The van der Waals surface area contributed by atoms with Crippen molar-refractivity contribution in [3.63, 3.8) is 0 Å². The van der Waals surface area contributed by atoms with Crippen LogP contribution in [0.1, 0.15) is 38.5 Å². The quantitative estimate of drug-likeness (QED) is 0.527. The number of methoxy groups -OCH3 is 1. The lowest BCUT2D eigenvalue weighted by molar-refractivity contribution is -0.140. The van der Waals surface area contributed by atoms with Gasteiger partial charge in [0, 0.05) is 12.5 Å². The van der Waals surface area contributed by atoms with Crippen molar-refractivity contribution in [1.82, 2.24) is 5.32 Å². The summed E-state index contributed by atoms with van der Waals surface area (Å²) in [4.78, 5) is 10.8. The molecule has 2 atom stereocenters. The molecule has 4 heteroatoms. The Balaban J connectivity index is 2.06. The Morgan fingerprint density at radius 3 is 2.87 bits per heavy atom. The first-order chi connectivity index (χ1) is 7.24. The average Bonchev–Trinajstić information content (AvgIpc) is 2.26. The Kier molecular flexibility index (Phi) is 5.65. The van der Waals surface area contributed by atoms with Gasteiger partial charge >= 0.3 is 5.97 Å². The van der Waals surface area contributed by atoms with E-state index in [1.54, 1.807) is 0 Å². The number of nitrogens with one attached hydrogen (secondary N) is 1. The third kappa shape index (κ3) is 4.62. The van der Waals surface area contributed by atoms with Gasteiger partial charge in [-0.15, -0.1) is 0 Å². The number of aliphatic hydroxyl groups excluding tert-OH is 1. The topological polar surface area (TPSA) is 58.6 Å². The molecule has 2 N–H and O–H groups in total. The Labute approximate surface area is 91.0 Å². The standard InChI is InChI=1S/C11H21NO3/c1-15-11(14)7-4-8-12-9-5-2-3-6-10(9)13/h9-10,12-13H,2-8H2,1H3. The van der Waals surface area contributed by atoms with Crippen LogP contribution in [0.2, 0.25) is 0 Å². The molecule has 1 saturated carbocycles. The third-order valence-electron chi connectivity index (χ3n) is 2.92. The van der Waals surface area contributed by atoms with E-state index in [9.17, 15) is 9.90 Å². The highest BCUT2D eigenvalue weighted by Crippen LogP contribution is 2.18. The van der Waals surface area contributed by atoms with Gasteiger partial charge in [-0.25, -0.2) is 0 Å². The number of aliphatic hydroxyl groups is 1. The summed E-state index contributed by atoms with van der Waals surface area (Å²) in [6, 6.07) is 0.219. The summed E-state index contributed by atoms with van der Waals surface area (Å²) in [5.74, 6) is -0.166. The van der Waals surface area contributed by atoms with Crippen LogP contribution in [0.15, 0.2) is 0 Å². The van der Waals surface area contributed by atoms with E-state index in [0.717, 1.165) is 32.2 Å². The van der Waals surface area contributed by atoms with Crippen LogP contribution in [0.5, 0.6) is 0 Å². The molecule has 2 unspecified atom stereocenters. The highest BCUT2D eigenvalue weighted by molar-refractivity contribution is 5.69. The number of hydrogen-bond donors (Lipinski definition) is 2. The molecule has 0 aromatic heterocycles. The molecule has 1 aliphatic rings. The second-order valence-corrected chi connectivity index (χ2v) is 4.09. The van der Waals surface area contributed by atoms with E-state index in [4.69, 9.17) is 0 Å². The van der Waals surface area contributed by atoms with E-state index in [-0.39, 0.29) is 18.1 Å². The summed E-state index contributed by atoms with van der Waals surface area (Å²) in [6.45, 7) is 0.775. The van der Waals surface area contributed by atoms with Crippen molar-refractivity contribution in [2.24, 2.45) is 0 Å². The first-order valence-electron chi connectivity index (χ1n) is 5.72. The van der Waals surface area contributed by atoms with Gasteiger partial charge in [-0.05, 0) is 25.8 Å². The SMILES string of the molecule is COC(=O)CCCNC1CCCCC1O. The van der Waals surface area contributed by atoms with Crippen LogP contribution >= 0.6 is 0 Å². The maximum atomic E-state index is 10.8. The van der Waals surface area contributed by atoms with Gasteiger partial charge in [-0.2, -0.15) is 0 Å². The van der Waals surface area contributed by atoms with Crippen LogP contribution < -0.4 is 5.32 Å². The van der Waals surface area contributed by atoms with Gasteiger partial charge < -0.3 is 15.2 Å². The second kappa shape index (κ2) is 6.80. The molecular weight excluding hydrogens is 194 g/mol. The van der Waals surface area contributed by atoms with Crippen molar-refractivity contribution in [1.29, 1.82) is 0 Å². The van der Waals surface area contributed by atoms with Gasteiger partial charge in [0.25, 0.3) is 0 Å². The highest BCUT2D eigenvalue weighted by atomic mass is 16.5. The van der Waals surface area contributed by atoms with E-state index in [0.29, 0.717) is 6.42 Å². The monoisotopic (exact) mass is 215 g/mol. The van der Waals surface area contributed by atoms with Crippen LogP contribution in [0.25, 0.3) is 0 Å². The molecular formula is C11H21NO3. The second-order valence-electron chi connectivity index (χ2n) is 4.09. The molecule has 1 rings (SSSR count). The first kappa shape index (κ1) is 12.5. The lowest BCUT2D eigenvalue weighted by Crippen LogP contribution is -2.42. The Hall–Kier alpha value is -0.610. The minimum atomic E-state index is -0.211. The number of ether oxygens (including phenoxy) is 1. The van der Waals surface area contributed by atoms with Gasteiger partial charge in [-0.1, -0.05) is 12.8 Å². The molecule has 0 aromatic rings. The predicted octanol–water partition coefficient (Wildman–Crippen LogP) is 0.833. The van der Waals surface area contributed by atoms with E-state index in [1.807, 2.05) is 0 Å². The molecule has 15 heavy (non-hydrogen) atoms. The Morgan fingerprint density at radius 1 is 1.47 bits per heavy atom.